The molecule has 180 valence electrons. The number of ether oxygens (including phenoxy) is 1. The average Bonchev–Trinajstić information content (AvgIpc) is 3.14. The van der Waals surface area contributed by atoms with Crippen molar-refractivity contribution in [3.63, 3.8) is 0 Å². The van der Waals surface area contributed by atoms with Gasteiger partial charge in [0.05, 0.1) is 5.92 Å². The monoisotopic (exact) mass is 464 g/mol. The molecule has 2 unspecified atom stereocenters. The predicted octanol–water partition coefficient (Wildman–Crippen LogP) is 4.26. The smallest absolute Gasteiger partial charge is 0.407 e. The Morgan fingerprint density at radius 3 is 2.18 bits per heavy atom. The lowest BCUT2D eigenvalue weighted by atomic mass is 9.90. The molecule has 4 rings (SSSR count). The molecule has 2 N–H and O–H groups in total. The highest BCUT2D eigenvalue weighted by Gasteiger charge is 2.37. The first-order chi connectivity index (χ1) is 16.3. The van der Waals surface area contributed by atoms with Gasteiger partial charge < -0.3 is 20.1 Å². The maximum absolute atomic E-state index is 13.3. The molecule has 1 saturated heterocycles. The molecular formula is C27H32N2O5. The summed E-state index contributed by atoms with van der Waals surface area (Å²) in [6.07, 6.45) is 0.208. The minimum absolute atomic E-state index is 0.0542. The normalized spacial score (nSPS) is 20.4. The van der Waals surface area contributed by atoms with Crippen LogP contribution in [-0.4, -0.2) is 53.2 Å². The van der Waals surface area contributed by atoms with Crippen LogP contribution in [0.3, 0.4) is 0 Å². The largest absolute Gasteiger partial charge is 0.481 e. The zero-order valence-corrected chi connectivity index (χ0v) is 19.9. The Balaban J connectivity index is 1.41. The summed E-state index contributed by atoms with van der Waals surface area (Å²) < 4.78 is 5.63. The number of nitrogens with one attached hydrogen (secondary N) is 1. The van der Waals surface area contributed by atoms with Crippen molar-refractivity contribution in [3.05, 3.63) is 59.7 Å². The van der Waals surface area contributed by atoms with E-state index >= 15 is 0 Å². The number of aliphatic carboxylic acids is 1. The van der Waals surface area contributed by atoms with Crippen molar-refractivity contribution in [1.29, 1.82) is 0 Å². The fourth-order valence-electron chi connectivity index (χ4n) is 5.18. The number of nitrogens with zero attached hydrogens (tertiary/aromatic N) is 1. The molecular weight excluding hydrogens is 432 g/mol. The van der Waals surface area contributed by atoms with Crippen molar-refractivity contribution < 1.29 is 24.2 Å². The lowest BCUT2D eigenvalue weighted by Gasteiger charge is -2.39. The topological polar surface area (TPSA) is 95.9 Å². The van der Waals surface area contributed by atoms with Gasteiger partial charge in [-0.2, -0.15) is 0 Å². The third kappa shape index (κ3) is 4.65. The van der Waals surface area contributed by atoms with Gasteiger partial charge in [-0.25, -0.2) is 4.79 Å². The molecule has 0 aromatic heterocycles. The highest BCUT2D eigenvalue weighted by atomic mass is 16.5. The highest BCUT2D eigenvalue weighted by molar-refractivity contribution is 5.86. The number of carbonyl (C=O) groups excluding carboxylic acids is 2. The number of amides is 2. The molecule has 0 radical (unpaired) electrons. The van der Waals surface area contributed by atoms with Crippen LogP contribution in [0.4, 0.5) is 4.79 Å². The molecule has 7 heteroatoms. The Labute approximate surface area is 200 Å². The third-order valence-electron chi connectivity index (χ3n) is 7.06. The number of alkyl carbamates (subject to hydrolysis) is 1. The number of carboxylic acid groups (broad SMARTS) is 1. The summed E-state index contributed by atoms with van der Waals surface area (Å²) in [6, 6.07) is 15.3. The van der Waals surface area contributed by atoms with Crippen LogP contribution >= 0.6 is 0 Å². The van der Waals surface area contributed by atoms with E-state index in [9.17, 15) is 19.5 Å². The molecule has 34 heavy (non-hydrogen) atoms. The molecule has 0 saturated carbocycles. The molecule has 1 aliphatic carbocycles. The molecule has 1 heterocycles. The van der Waals surface area contributed by atoms with E-state index in [1.807, 2.05) is 45.0 Å². The molecule has 1 fully saturated rings. The van der Waals surface area contributed by atoms with Crippen LogP contribution in [0.25, 0.3) is 11.1 Å². The van der Waals surface area contributed by atoms with E-state index in [-0.39, 0.29) is 30.4 Å². The number of hydrogen-bond acceptors (Lipinski definition) is 4. The average molecular weight is 465 g/mol. The quantitative estimate of drug-likeness (QED) is 0.666. The van der Waals surface area contributed by atoms with Crippen LogP contribution in [-0.2, 0) is 14.3 Å². The molecule has 3 atom stereocenters. The lowest BCUT2D eigenvalue weighted by Crippen LogP contribution is -2.56. The number of piperidine rings is 1. The van der Waals surface area contributed by atoms with E-state index in [2.05, 4.69) is 29.6 Å². The number of hydrogen-bond donors (Lipinski definition) is 2. The number of likely N-dealkylation sites (tertiary alicyclic amines) is 1. The van der Waals surface area contributed by atoms with Gasteiger partial charge in [0.1, 0.15) is 12.6 Å². The molecule has 2 aromatic rings. The third-order valence-corrected chi connectivity index (χ3v) is 7.06. The van der Waals surface area contributed by atoms with Gasteiger partial charge in [-0.3, -0.25) is 9.59 Å². The van der Waals surface area contributed by atoms with Gasteiger partial charge in [-0.1, -0.05) is 62.4 Å². The summed E-state index contributed by atoms with van der Waals surface area (Å²) in [4.78, 5) is 39.0. The van der Waals surface area contributed by atoms with Crippen molar-refractivity contribution in [2.45, 2.75) is 51.6 Å². The van der Waals surface area contributed by atoms with Crippen LogP contribution in [0.2, 0.25) is 0 Å². The van der Waals surface area contributed by atoms with Crippen molar-refractivity contribution in [3.8, 4) is 11.1 Å². The lowest BCUT2D eigenvalue weighted by molar-refractivity contribution is -0.148. The molecule has 0 spiro atoms. The van der Waals surface area contributed by atoms with Crippen molar-refractivity contribution >= 4 is 18.0 Å². The maximum Gasteiger partial charge on any atom is 0.407 e. The minimum Gasteiger partial charge on any atom is -0.481 e. The predicted molar refractivity (Wildman–Crippen MR) is 128 cm³/mol. The van der Waals surface area contributed by atoms with Gasteiger partial charge in [0.25, 0.3) is 0 Å². The summed E-state index contributed by atoms with van der Waals surface area (Å²) in [7, 11) is 0. The standard InChI is InChI=1S/C27H32N2O5/c1-16(2)24(25(30)29-13-12-18(26(31)32)14-17(29)3)28-27(33)34-15-23-21-10-6-4-8-19(21)20-9-5-7-11-22(20)23/h4-11,16-18,23-24H,12-15H2,1-3H3,(H,28,33)(H,31,32)/t17?,18?,24-/m0/s1. The molecule has 2 amide bonds. The zero-order valence-electron chi connectivity index (χ0n) is 19.9. The summed E-state index contributed by atoms with van der Waals surface area (Å²) in [5, 5.41) is 12.1. The molecule has 2 aromatic carbocycles. The second-order valence-electron chi connectivity index (χ2n) is 9.63. The molecule has 2 aliphatic rings. The van der Waals surface area contributed by atoms with E-state index in [0.717, 1.165) is 22.3 Å². The van der Waals surface area contributed by atoms with Crippen molar-refractivity contribution in [2.24, 2.45) is 11.8 Å². The number of rotatable bonds is 6. The second-order valence-corrected chi connectivity index (χ2v) is 9.63. The fourth-order valence-corrected chi connectivity index (χ4v) is 5.18. The Hall–Kier alpha value is -3.35. The van der Waals surface area contributed by atoms with Gasteiger partial charge in [-0.05, 0) is 47.9 Å². The first-order valence-electron chi connectivity index (χ1n) is 11.9. The summed E-state index contributed by atoms with van der Waals surface area (Å²) in [5.41, 5.74) is 4.56. The van der Waals surface area contributed by atoms with Crippen LogP contribution in [0.1, 0.15) is 50.7 Å². The number of carbonyl (C=O) groups is 3. The first-order valence-corrected chi connectivity index (χ1v) is 11.9. The van der Waals surface area contributed by atoms with Crippen molar-refractivity contribution in [1.82, 2.24) is 10.2 Å². The number of benzene rings is 2. The SMILES string of the molecule is CC(C)[C@H](NC(=O)OCC1c2ccccc2-c2ccccc21)C(=O)N1CCC(C(=O)O)CC1C. The summed E-state index contributed by atoms with van der Waals surface area (Å²) in [5.74, 6) is -1.65. The van der Waals surface area contributed by atoms with Crippen LogP contribution in [0, 0.1) is 11.8 Å². The highest BCUT2D eigenvalue weighted by Crippen LogP contribution is 2.44. The Bertz CT molecular complexity index is 1040. The molecule has 7 nitrogen and oxygen atoms in total. The molecule has 0 bridgehead atoms. The number of carboxylic acids is 1. The van der Waals surface area contributed by atoms with Gasteiger partial charge in [0.2, 0.25) is 5.91 Å². The van der Waals surface area contributed by atoms with Crippen LogP contribution in [0.15, 0.2) is 48.5 Å². The van der Waals surface area contributed by atoms with Gasteiger partial charge in [0.15, 0.2) is 0 Å². The van der Waals surface area contributed by atoms with Crippen LogP contribution in [0.5, 0.6) is 0 Å². The van der Waals surface area contributed by atoms with Gasteiger partial charge >= 0.3 is 12.1 Å². The summed E-state index contributed by atoms with van der Waals surface area (Å²) >= 11 is 0. The van der Waals surface area contributed by atoms with E-state index in [1.54, 1.807) is 4.90 Å². The Morgan fingerprint density at radius 1 is 1.06 bits per heavy atom. The second kappa shape index (κ2) is 9.87. The van der Waals surface area contributed by atoms with Crippen LogP contribution < -0.4 is 5.32 Å². The number of fused-ring (bicyclic) bond motifs is 3. The van der Waals surface area contributed by atoms with E-state index in [0.29, 0.717) is 19.4 Å². The van der Waals surface area contributed by atoms with E-state index < -0.39 is 24.0 Å². The van der Waals surface area contributed by atoms with Gasteiger partial charge in [0, 0.05) is 18.5 Å². The summed E-state index contributed by atoms with van der Waals surface area (Å²) in [6.45, 7) is 6.16. The fraction of sp³-hybridized carbons (Fsp3) is 0.444. The molecule has 1 aliphatic heterocycles. The van der Waals surface area contributed by atoms with E-state index in [1.165, 1.54) is 0 Å². The van der Waals surface area contributed by atoms with Crippen molar-refractivity contribution in [2.75, 3.05) is 13.2 Å². The zero-order chi connectivity index (χ0) is 24.4. The van der Waals surface area contributed by atoms with Gasteiger partial charge in [-0.15, -0.1) is 0 Å². The van der Waals surface area contributed by atoms with E-state index in [4.69, 9.17) is 4.74 Å². The Morgan fingerprint density at radius 2 is 1.65 bits per heavy atom. The first kappa shape index (κ1) is 23.8. The Kier molecular flexibility index (Phi) is 6.91. The maximum atomic E-state index is 13.3. The minimum atomic E-state index is -0.823.